The van der Waals surface area contributed by atoms with Gasteiger partial charge in [0.15, 0.2) is 4.96 Å². The maximum absolute atomic E-state index is 4.90. The van der Waals surface area contributed by atoms with Crippen LogP contribution in [0.1, 0.15) is 29.3 Å². The molecule has 1 unspecified atom stereocenters. The molecule has 0 saturated carbocycles. The summed E-state index contributed by atoms with van der Waals surface area (Å²) in [5.74, 6) is 0.618. The maximum Gasteiger partial charge on any atom is 0.195 e. The van der Waals surface area contributed by atoms with Gasteiger partial charge in [-0.3, -0.25) is 4.40 Å². The minimum Gasteiger partial charge on any atom is -0.287 e. The van der Waals surface area contributed by atoms with Crippen LogP contribution in [0, 0.1) is 0 Å². The Hall–Kier alpha value is -2.13. The monoisotopic (exact) mass is 304 g/mol. The van der Waals surface area contributed by atoms with E-state index >= 15 is 0 Å². The second kappa shape index (κ2) is 4.68. The molecule has 1 atom stereocenters. The molecule has 0 spiro atoms. The average molecular weight is 304 g/mol. The summed E-state index contributed by atoms with van der Waals surface area (Å²) in [7, 11) is 0. The smallest absolute Gasteiger partial charge is 0.195 e. The summed E-state index contributed by atoms with van der Waals surface area (Å²) < 4.78 is 3.72. The minimum atomic E-state index is 0.618. The van der Waals surface area contributed by atoms with Crippen molar-refractivity contribution in [3.8, 4) is 0 Å². The molecule has 3 heteroatoms. The van der Waals surface area contributed by atoms with Crippen LogP contribution < -0.4 is 0 Å². The van der Waals surface area contributed by atoms with Gasteiger partial charge < -0.3 is 0 Å². The summed E-state index contributed by atoms with van der Waals surface area (Å²) in [6.07, 6.45) is 3.40. The van der Waals surface area contributed by atoms with Crippen LogP contribution in [0.25, 0.3) is 15.2 Å². The lowest BCUT2D eigenvalue weighted by molar-refractivity contribution is 0.569. The molecule has 0 N–H and O–H groups in total. The van der Waals surface area contributed by atoms with E-state index < -0.39 is 0 Å². The van der Waals surface area contributed by atoms with Gasteiger partial charge in [0.05, 0.1) is 15.9 Å². The van der Waals surface area contributed by atoms with E-state index in [1.807, 2.05) is 0 Å². The SMILES string of the molecule is c1ccc(C2CCc3nc4sc5ccccc5n4c3C2)cc1. The van der Waals surface area contributed by atoms with Crippen molar-refractivity contribution in [3.63, 3.8) is 0 Å². The summed E-state index contributed by atoms with van der Waals surface area (Å²) in [6, 6.07) is 19.6. The van der Waals surface area contributed by atoms with E-state index in [-0.39, 0.29) is 0 Å². The van der Waals surface area contributed by atoms with Crippen LogP contribution in [-0.2, 0) is 12.8 Å². The zero-order valence-corrected chi connectivity index (χ0v) is 13.0. The highest BCUT2D eigenvalue weighted by Gasteiger charge is 2.25. The lowest BCUT2D eigenvalue weighted by Gasteiger charge is -2.22. The van der Waals surface area contributed by atoms with Gasteiger partial charge in [-0.2, -0.15) is 0 Å². The first kappa shape index (κ1) is 12.4. The van der Waals surface area contributed by atoms with E-state index in [4.69, 9.17) is 4.98 Å². The van der Waals surface area contributed by atoms with Gasteiger partial charge in [0, 0.05) is 5.69 Å². The highest BCUT2D eigenvalue weighted by Crippen LogP contribution is 2.36. The second-order valence-electron chi connectivity index (χ2n) is 6.04. The summed E-state index contributed by atoms with van der Waals surface area (Å²) in [5, 5.41) is 0. The molecule has 2 aromatic heterocycles. The molecule has 5 rings (SSSR count). The van der Waals surface area contributed by atoms with Crippen molar-refractivity contribution in [1.29, 1.82) is 0 Å². The van der Waals surface area contributed by atoms with Gasteiger partial charge in [-0.05, 0) is 42.9 Å². The highest BCUT2D eigenvalue weighted by atomic mass is 32.1. The number of imidazole rings is 1. The fraction of sp³-hybridized carbons (Fsp3) is 0.211. The number of nitrogens with zero attached hydrogens (tertiary/aromatic N) is 2. The molecular formula is C19H16N2S. The topological polar surface area (TPSA) is 17.3 Å². The van der Waals surface area contributed by atoms with Gasteiger partial charge in [-0.15, -0.1) is 0 Å². The van der Waals surface area contributed by atoms with Crippen molar-refractivity contribution < 1.29 is 0 Å². The average Bonchev–Trinajstić information content (AvgIpc) is 3.10. The van der Waals surface area contributed by atoms with E-state index in [0.717, 1.165) is 17.8 Å². The van der Waals surface area contributed by atoms with E-state index in [9.17, 15) is 0 Å². The van der Waals surface area contributed by atoms with Crippen LogP contribution in [0.15, 0.2) is 54.6 Å². The lowest BCUT2D eigenvalue weighted by atomic mass is 9.84. The Bertz CT molecular complexity index is 965. The quantitative estimate of drug-likeness (QED) is 0.493. The lowest BCUT2D eigenvalue weighted by Crippen LogP contribution is -2.13. The molecule has 0 saturated heterocycles. The minimum absolute atomic E-state index is 0.618. The van der Waals surface area contributed by atoms with Crippen LogP contribution >= 0.6 is 11.3 Å². The number of fused-ring (bicyclic) bond motifs is 5. The number of benzene rings is 2. The molecule has 4 aromatic rings. The van der Waals surface area contributed by atoms with Crippen LogP contribution in [0.4, 0.5) is 0 Å². The molecule has 1 aliphatic rings. The number of hydrogen-bond donors (Lipinski definition) is 0. The zero-order chi connectivity index (χ0) is 14.5. The Balaban J connectivity index is 1.67. The number of rotatable bonds is 1. The number of para-hydroxylation sites is 1. The van der Waals surface area contributed by atoms with Crippen molar-refractivity contribution >= 4 is 26.5 Å². The third kappa shape index (κ3) is 1.75. The van der Waals surface area contributed by atoms with Gasteiger partial charge in [-0.1, -0.05) is 53.8 Å². The van der Waals surface area contributed by atoms with Crippen molar-refractivity contribution in [1.82, 2.24) is 9.38 Å². The first-order valence-corrected chi connectivity index (χ1v) is 8.64. The van der Waals surface area contributed by atoms with Crippen LogP contribution in [-0.4, -0.2) is 9.38 Å². The molecule has 2 nitrogen and oxygen atoms in total. The van der Waals surface area contributed by atoms with E-state index in [1.165, 1.54) is 33.6 Å². The Labute approximate surface area is 133 Å². The third-order valence-electron chi connectivity index (χ3n) is 4.77. The van der Waals surface area contributed by atoms with E-state index in [0.29, 0.717) is 5.92 Å². The summed E-state index contributed by atoms with van der Waals surface area (Å²) in [5.41, 5.74) is 5.50. The number of hydrogen-bond acceptors (Lipinski definition) is 2. The molecule has 22 heavy (non-hydrogen) atoms. The molecule has 1 aliphatic carbocycles. The maximum atomic E-state index is 4.90. The predicted octanol–water partition coefficient (Wildman–Crippen LogP) is 4.82. The van der Waals surface area contributed by atoms with Gasteiger partial charge in [-0.25, -0.2) is 4.98 Å². The van der Waals surface area contributed by atoms with Crippen molar-refractivity contribution in [3.05, 3.63) is 71.5 Å². The Morgan fingerprint density at radius 1 is 1.00 bits per heavy atom. The molecule has 108 valence electrons. The van der Waals surface area contributed by atoms with E-state index in [2.05, 4.69) is 59.0 Å². The van der Waals surface area contributed by atoms with Crippen molar-refractivity contribution in [2.24, 2.45) is 0 Å². The molecule has 0 fully saturated rings. The molecule has 0 aliphatic heterocycles. The number of thiazole rings is 1. The van der Waals surface area contributed by atoms with Crippen LogP contribution in [0.3, 0.4) is 0 Å². The van der Waals surface area contributed by atoms with E-state index in [1.54, 1.807) is 11.3 Å². The first-order valence-electron chi connectivity index (χ1n) is 7.83. The Morgan fingerprint density at radius 3 is 2.73 bits per heavy atom. The standard InChI is InChI=1S/C19H16N2S/c1-2-6-13(7-3-1)14-10-11-15-17(12-14)21-16-8-4-5-9-18(16)22-19(21)20-15/h1-9,14H,10-12H2. The predicted molar refractivity (Wildman–Crippen MR) is 91.8 cm³/mol. The van der Waals surface area contributed by atoms with Crippen LogP contribution in [0.2, 0.25) is 0 Å². The number of aryl methyl sites for hydroxylation is 1. The second-order valence-corrected chi connectivity index (χ2v) is 7.05. The molecule has 2 heterocycles. The van der Waals surface area contributed by atoms with Gasteiger partial charge in [0.1, 0.15) is 0 Å². The molecule has 0 radical (unpaired) electrons. The molecule has 0 bridgehead atoms. The zero-order valence-electron chi connectivity index (χ0n) is 12.2. The summed E-state index contributed by atoms with van der Waals surface area (Å²) >= 11 is 1.80. The van der Waals surface area contributed by atoms with Gasteiger partial charge in [0.2, 0.25) is 0 Å². The Kier molecular flexibility index (Phi) is 2.64. The van der Waals surface area contributed by atoms with Gasteiger partial charge in [0.25, 0.3) is 0 Å². The number of aromatic nitrogens is 2. The van der Waals surface area contributed by atoms with Crippen molar-refractivity contribution in [2.45, 2.75) is 25.2 Å². The van der Waals surface area contributed by atoms with Crippen molar-refractivity contribution in [2.75, 3.05) is 0 Å². The molecule has 0 amide bonds. The molecular weight excluding hydrogens is 288 g/mol. The first-order chi connectivity index (χ1) is 10.9. The largest absolute Gasteiger partial charge is 0.287 e. The summed E-state index contributed by atoms with van der Waals surface area (Å²) in [4.78, 5) is 6.05. The van der Waals surface area contributed by atoms with Crippen LogP contribution in [0.5, 0.6) is 0 Å². The highest BCUT2D eigenvalue weighted by molar-refractivity contribution is 7.23. The fourth-order valence-electron chi connectivity index (χ4n) is 3.68. The third-order valence-corrected chi connectivity index (χ3v) is 5.79. The van der Waals surface area contributed by atoms with Gasteiger partial charge >= 0.3 is 0 Å². The summed E-state index contributed by atoms with van der Waals surface area (Å²) in [6.45, 7) is 0. The Morgan fingerprint density at radius 2 is 1.82 bits per heavy atom. The fourth-order valence-corrected chi connectivity index (χ4v) is 4.75. The normalized spacial score (nSPS) is 17.9. The molecule has 2 aromatic carbocycles.